The molecule has 2 rings (SSSR count). The zero-order valence-electron chi connectivity index (χ0n) is 11.2. The Morgan fingerprint density at radius 3 is 2.38 bits per heavy atom. The molecule has 21 heavy (non-hydrogen) atoms. The molecule has 0 aliphatic carbocycles. The van der Waals surface area contributed by atoms with Gasteiger partial charge in [0.25, 0.3) is 5.69 Å². The Morgan fingerprint density at radius 1 is 1.14 bits per heavy atom. The molecule has 0 fully saturated rings. The predicted molar refractivity (Wildman–Crippen MR) is 76.7 cm³/mol. The van der Waals surface area contributed by atoms with Crippen molar-refractivity contribution in [1.29, 1.82) is 0 Å². The second kappa shape index (κ2) is 5.92. The molecule has 0 N–H and O–H groups in total. The molecule has 0 aromatic heterocycles. The van der Waals surface area contributed by atoms with E-state index in [1.165, 1.54) is 0 Å². The van der Waals surface area contributed by atoms with E-state index in [1.807, 2.05) is 13.0 Å². The number of non-ortho nitro benzene ring substituents is 1. The Morgan fingerprint density at radius 2 is 1.81 bits per heavy atom. The van der Waals surface area contributed by atoms with Gasteiger partial charge in [-0.2, -0.15) is 8.42 Å². The van der Waals surface area contributed by atoms with E-state index < -0.39 is 15.0 Å². The van der Waals surface area contributed by atoms with Gasteiger partial charge in [0.15, 0.2) is 0 Å². The lowest BCUT2D eigenvalue weighted by atomic mass is 10.2. The van der Waals surface area contributed by atoms with Gasteiger partial charge >= 0.3 is 10.1 Å². The molecule has 2 aromatic rings. The molecule has 0 heterocycles. The summed E-state index contributed by atoms with van der Waals surface area (Å²) in [6, 6.07) is 11.3. The Labute approximate surface area is 122 Å². The van der Waals surface area contributed by atoms with Gasteiger partial charge in [-0.1, -0.05) is 19.1 Å². The smallest absolute Gasteiger partial charge is 0.339 e. The first-order valence-corrected chi connectivity index (χ1v) is 7.61. The minimum atomic E-state index is -4.00. The third-order valence-corrected chi connectivity index (χ3v) is 4.11. The van der Waals surface area contributed by atoms with Crippen LogP contribution in [0.2, 0.25) is 0 Å². The van der Waals surface area contributed by atoms with Gasteiger partial charge in [-0.25, -0.2) is 0 Å². The van der Waals surface area contributed by atoms with Crippen LogP contribution in [0, 0.1) is 10.1 Å². The highest BCUT2D eigenvalue weighted by atomic mass is 32.2. The molecule has 0 aliphatic rings. The molecule has 0 radical (unpaired) electrons. The highest BCUT2D eigenvalue weighted by molar-refractivity contribution is 7.87. The van der Waals surface area contributed by atoms with Crippen molar-refractivity contribution in [2.24, 2.45) is 0 Å². The van der Waals surface area contributed by atoms with Gasteiger partial charge in [0.2, 0.25) is 0 Å². The Bertz CT molecular complexity index is 753. The summed E-state index contributed by atoms with van der Waals surface area (Å²) in [5, 5.41) is 10.5. The van der Waals surface area contributed by atoms with Crippen LogP contribution in [0.25, 0.3) is 0 Å². The Hall–Kier alpha value is -2.41. The maximum absolute atomic E-state index is 12.1. The molecule has 0 saturated heterocycles. The first-order chi connectivity index (χ1) is 9.92. The lowest BCUT2D eigenvalue weighted by Gasteiger charge is -2.07. The number of nitro groups is 1. The fourth-order valence-electron chi connectivity index (χ4n) is 1.73. The highest BCUT2D eigenvalue weighted by Gasteiger charge is 2.18. The van der Waals surface area contributed by atoms with Crippen LogP contribution in [0.5, 0.6) is 5.75 Å². The quantitative estimate of drug-likeness (QED) is 0.481. The average Bonchev–Trinajstić information content (AvgIpc) is 2.47. The summed E-state index contributed by atoms with van der Waals surface area (Å²) >= 11 is 0. The van der Waals surface area contributed by atoms with Gasteiger partial charge in [-0.3, -0.25) is 10.1 Å². The van der Waals surface area contributed by atoms with E-state index >= 15 is 0 Å². The molecule has 6 nitrogen and oxygen atoms in total. The highest BCUT2D eigenvalue weighted by Crippen LogP contribution is 2.21. The molecule has 0 aliphatic heterocycles. The third-order valence-electron chi connectivity index (χ3n) is 2.85. The molecular formula is C14H13NO5S. The van der Waals surface area contributed by atoms with Crippen LogP contribution >= 0.6 is 0 Å². The van der Waals surface area contributed by atoms with Crippen molar-refractivity contribution in [3.8, 4) is 5.75 Å². The molecule has 0 atom stereocenters. The number of nitrogens with zero attached hydrogens (tertiary/aromatic N) is 1. The molecule has 0 amide bonds. The normalized spacial score (nSPS) is 11.1. The monoisotopic (exact) mass is 307 g/mol. The molecule has 2 aromatic carbocycles. The van der Waals surface area contributed by atoms with Gasteiger partial charge in [0.05, 0.1) is 4.92 Å². The Balaban J connectivity index is 2.27. The first-order valence-electron chi connectivity index (χ1n) is 6.20. The minimum absolute atomic E-state index is 0.130. The van der Waals surface area contributed by atoms with Gasteiger partial charge in [0, 0.05) is 12.1 Å². The van der Waals surface area contributed by atoms with E-state index in [0.29, 0.717) is 0 Å². The van der Waals surface area contributed by atoms with Crippen molar-refractivity contribution in [2.45, 2.75) is 18.2 Å². The van der Waals surface area contributed by atoms with Gasteiger partial charge < -0.3 is 4.18 Å². The summed E-state index contributed by atoms with van der Waals surface area (Å²) in [6.07, 6.45) is 0.759. The van der Waals surface area contributed by atoms with Crippen molar-refractivity contribution in [3.63, 3.8) is 0 Å². The molecule has 0 bridgehead atoms. The summed E-state index contributed by atoms with van der Waals surface area (Å²) in [4.78, 5) is 9.82. The van der Waals surface area contributed by atoms with Crippen LogP contribution in [0.15, 0.2) is 53.4 Å². The van der Waals surface area contributed by atoms with Crippen LogP contribution in [0.3, 0.4) is 0 Å². The van der Waals surface area contributed by atoms with Crippen molar-refractivity contribution in [2.75, 3.05) is 0 Å². The lowest BCUT2D eigenvalue weighted by molar-refractivity contribution is -0.384. The zero-order valence-corrected chi connectivity index (χ0v) is 12.0. The van der Waals surface area contributed by atoms with E-state index in [1.54, 1.807) is 18.2 Å². The summed E-state index contributed by atoms with van der Waals surface area (Å²) in [5.74, 6) is 0.215. The summed E-state index contributed by atoms with van der Waals surface area (Å²) in [6.45, 7) is 1.95. The van der Waals surface area contributed by atoms with Crippen LogP contribution in [-0.2, 0) is 16.5 Å². The third kappa shape index (κ3) is 3.57. The van der Waals surface area contributed by atoms with Crippen LogP contribution in [0.1, 0.15) is 12.5 Å². The van der Waals surface area contributed by atoms with E-state index in [4.69, 9.17) is 4.18 Å². The van der Waals surface area contributed by atoms with E-state index in [-0.39, 0.29) is 16.3 Å². The number of hydrogen-bond acceptors (Lipinski definition) is 5. The summed E-state index contributed by atoms with van der Waals surface area (Å²) in [7, 11) is -4.00. The second-order valence-corrected chi connectivity index (χ2v) is 5.84. The summed E-state index contributed by atoms with van der Waals surface area (Å²) in [5.41, 5.74) is 0.772. The number of aryl methyl sites for hydroxylation is 1. The molecule has 0 unspecified atom stereocenters. The average molecular weight is 307 g/mol. The minimum Gasteiger partial charge on any atom is -0.379 e. The zero-order chi connectivity index (χ0) is 15.5. The predicted octanol–water partition coefficient (Wildman–Crippen LogP) is 2.92. The number of benzene rings is 2. The fourth-order valence-corrected chi connectivity index (χ4v) is 2.65. The van der Waals surface area contributed by atoms with Crippen molar-refractivity contribution >= 4 is 15.8 Å². The van der Waals surface area contributed by atoms with E-state index in [0.717, 1.165) is 36.2 Å². The second-order valence-electron chi connectivity index (χ2n) is 4.29. The Kier molecular flexibility index (Phi) is 4.23. The van der Waals surface area contributed by atoms with Gasteiger partial charge in [-0.05, 0) is 36.2 Å². The van der Waals surface area contributed by atoms with Gasteiger partial charge in [0.1, 0.15) is 10.6 Å². The van der Waals surface area contributed by atoms with Crippen molar-refractivity contribution < 1.29 is 17.5 Å². The maximum atomic E-state index is 12.1. The molecular weight excluding hydrogens is 294 g/mol. The SMILES string of the molecule is CCc1cccc(OS(=O)(=O)c2ccc([N+](=O)[O-])cc2)c1. The van der Waals surface area contributed by atoms with E-state index in [9.17, 15) is 18.5 Å². The molecule has 0 saturated carbocycles. The van der Waals surface area contributed by atoms with Crippen LogP contribution < -0.4 is 4.18 Å². The number of nitro benzene ring substituents is 1. The maximum Gasteiger partial charge on any atom is 0.339 e. The largest absolute Gasteiger partial charge is 0.379 e. The van der Waals surface area contributed by atoms with Crippen LogP contribution in [0.4, 0.5) is 5.69 Å². The lowest BCUT2D eigenvalue weighted by Crippen LogP contribution is -2.09. The standard InChI is InChI=1S/C14H13NO5S/c1-2-11-4-3-5-13(10-11)20-21(18,19)14-8-6-12(7-9-14)15(16)17/h3-10H,2H2,1H3. The fraction of sp³-hybridized carbons (Fsp3) is 0.143. The summed E-state index contributed by atoms with van der Waals surface area (Å²) < 4.78 is 29.2. The van der Waals surface area contributed by atoms with Gasteiger partial charge in [-0.15, -0.1) is 0 Å². The van der Waals surface area contributed by atoms with Crippen LogP contribution in [-0.4, -0.2) is 13.3 Å². The number of rotatable bonds is 5. The molecule has 110 valence electrons. The molecule has 7 heteroatoms. The molecule has 0 spiro atoms. The van der Waals surface area contributed by atoms with Crippen molar-refractivity contribution in [1.82, 2.24) is 0 Å². The van der Waals surface area contributed by atoms with E-state index in [2.05, 4.69) is 0 Å². The topological polar surface area (TPSA) is 86.5 Å². The first kappa shape index (κ1) is 15.0. The number of hydrogen-bond donors (Lipinski definition) is 0. The van der Waals surface area contributed by atoms with Crippen molar-refractivity contribution in [3.05, 3.63) is 64.2 Å².